The third kappa shape index (κ3) is 2.14. The number of rotatable bonds is 2. The van der Waals surface area contributed by atoms with Gasteiger partial charge in [-0.1, -0.05) is 0 Å². The van der Waals surface area contributed by atoms with E-state index >= 15 is 0 Å². The van der Waals surface area contributed by atoms with Crippen molar-refractivity contribution in [1.82, 2.24) is 4.31 Å². The van der Waals surface area contributed by atoms with Crippen LogP contribution in [0.25, 0.3) is 0 Å². The molecule has 6 heteroatoms. The highest BCUT2D eigenvalue weighted by atomic mass is 32.2. The molecule has 0 aliphatic carbocycles. The van der Waals surface area contributed by atoms with E-state index < -0.39 is 15.8 Å². The van der Waals surface area contributed by atoms with Crippen molar-refractivity contribution in [2.75, 3.05) is 18.8 Å². The van der Waals surface area contributed by atoms with Gasteiger partial charge >= 0.3 is 0 Å². The first-order valence-corrected chi connectivity index (χ1v) is 6.92. The highest BCUT2D eigenvalue weighted by Gasteiger charge is 2.30. The van der Waals surface area contributed by atoms with Gasteiger partial charge in [0.1, 0.15) is 10.7 Å². The minimum atomic E-state index is -3.73. The first-order valence-electron chi connectivity index (χ1n) is 5.48. The van der Waals surface area contributed by atoms with Gasteiger partial charge in [0.25, 0.3) is 0 Å². The maximum atomic E-state index is 13.7. The van der Waals surface area contributed by atoms with E-state index in [-0.39, 0.29) is 4.90 Å². The molecule has 0 amide bonds. The van der Waals surface area contributed by atoms with E-state index in [0.717, 1.165) is 18.9 Å². The SMILES string of the molecule is Cc1cc(F)c(S(=O)(=O)N2CCCC2)cc1N. The normalized spacial score (nSPS) is 17.5. The number of aryl methyl sites for hydroxylation is 1. The van der Waals surface area contributed by atoms with Crippen LogP contribution >= 0.6 is 0 Å². The largest absolute Gasteiger partial charge is 0.398 e. The average Bonchev–Trinajstić information content (AvgIpc) is 2.77. The Morgan fingerprint density at radius 1 is 1.29 bits per heavy atom. The van der Waals surface area contributed by atoms with Crippen molar-refractivity contribution < 1.29 is 12.8 Å². The van der Waals surface area contributed by atoms with Crippen LogP contribution in [0.1, 0.15) is 18.4 Å². The molecule has 4 nitrogen and oxygen atoms in total. The summed E-state index contributed by atoms with van der Waals surface area (Å²) in [7, 11) is -3.73. The molecule has 0 unspecified atom stereocenters. The summed E-state index contributed by atoms with van der Waals surface area (Å²) in [5, 5.41) is 0. The van der Waals surface area contributed by atoms with Crippen LogP contribution in [0.5, 0.6) is 0 Å². The van der Waals surface area contributed by atoms with Gasteiger partial charge in [-0.25, -0.2) is 12.8 Å². The number of hydrogen-bond donors (Lipinski definition) is 1. The zero-order valence-electron chi connectivity index (χ0n) is 9.61. The lowest BCUT2D eigenvalue weighted by Crippen LogP contribution is -2.28. The maximum absolute atomic E-state index is 13.7. The van der Waals surface area contributed by atoms with E-state index in [2.05, 4.69) is 0 Å². The number of nitrogens with two attached hydrogens (primary N) is 1. The van der Waals surface area contributed by atoms with Crippen molar-refractivity contribution in [2.24, 2.45) is 0 Å². The first-order chi connectivity index (χ1) is 7.93. The summed E-state index contributed by atoms with van der Waals surface area (Å²) in [6.45, 7) is 2.55. The van der Waals surface area contributed by atoms with E-state index in [1.807, 2.05) is 0 Å². The highest BCUT2D eigenvalue weighted by molar-refractivity contribution is 7.89. The lowest BCUT2D eigenvalue weighted by Gasteiger charge is -2.16. The summed E-state index contributed by atoms with van der Waals surface area (Å²) in [6.07, 6.45) is 1.64. The Morgan fingerprint density at radius 2 is 1.88 bits per heavy atom. The maximum Gasteiger partial charge on any atom is 0.246 e. The van der Waals surface area contributed by atoms with Gasteiger partial charge in [-0.3, -0.25) is 0 Å². The molecule has 94 valence electrons. The fourth-order valence-electron chi connectivity index (χ4n) is 1.93. The number of nitrogens with zero attached hydrogens (tertiary/aromatic N) is 1. The van der Waals surface area contributed by atoms with E-state index in [4.69, 9.17) is 5.73 Å². The highest BCUT2D eigenvalue weighted by Crippen LogP contribution is 2.26. The predicted molar refractivity (Wildman–Crippen MR) is 63.5 cm³/mol. The second kappa shape index (κ2) is 4.27. The molecule has 1 aromatic carbocycles. The molecule has 1 aromatic rings. The lowest BCUT2D eigenvalue weighted by molar-refractivity contribution is 0.469. The zero-order chi connectivity index (χ0) is 12.6. The number of benzene rings is 1. The Balaban J connectivity index is 2.49. The molecule has 1 heterocycles. The molecule has 0 bridgehead atoms. The van der Waals surface area contributed by atoms with Crippen LogP contribution in [0, 0.1) is 12.7 Å². The Kier molecular flexibility index (Phi) is 3.09. The fourth-order valence-corrected chi connectivity index (χ4v) is 3.53. The van der Waals surface area contributed by atoms with Crippen LogP contribution in [0.4, 0.5) is 10.1 Å². The van der Waals surface area contributed by atoms with Crippen LogP contribution in [0.3, 0.4) is 0 Å². The summed E-state index contributed by atoms with van der Waals surface area (Å²) >= 11 is 0. The van der Waals surface area contributed by atoms with Crippen LogP contribution in [0.15, 0.2) is 17.0 Å². The lowest BCUT2D eigenvalue weighted by atomic mass is 10.2. The van der Waals surface area contributed by atoms with Gasteiger partial charge < -0.3 is 5.73 Å². The van der Waals surface area contributed by atoms with E-state index in [9.17, 15) is 12.8 Å². The average molecular weight is 258 g/mol. The van der Waals surface area contributed by atoms with Gasteiger partial charge in [0.05, 0.1) is 0 Å². The molecule has 1 aliphatic rings. The number of nitrogen functional groups attached to an aromatic ring is 1. The molecule has 2 rings (SSSR count). The Labute approximate surface area is 100 Å². The Morgan fingerprint density at radius 3 is 2.47 bits per heavy atom. The standard InChI is InChI=1S/C11H15FN2O2S/c1-8-6-9(12)11(7-10(8)13)17(15,16)14-4-2-3-5-14/h6-7H,2-5,13H2,1H3. The van der Waals surface area contributed by atoms with E-state index in [0.29, 0.717) is 24.3 Å². The van der Waals surface area contributed by atoms with Crippen LogP contribution in [0.2, 0.25) is 0 Å². The quantitative estimate of drug-likeness (QED) is 0.818. The fraction of sp³-hybridized carbons (Fsp3) is 0.455. The molecule has 0 radical (unpaired) electrons. The van der Waals surface area contributed by atoms with Crippen LogP contribution in [-0.4, -0.2) is 25.8 Å². The van der Waals surface area contributed by atoms with Crippen molar-refractivity contribution in [3.05, 3.63) is 23.5 Å². The zero-order valence-corrected chi connectivity index (χ0v) is 10.4. The summed E-state index contributed by atoms with van der Waals surface area (Å²) < 4.78 is 39.3. The molecule has 0 saturated carbocycles. The van der Waals surface area contributed by atoms with E-state index in [1.165, 1.54) is 10.4 Å². The van der Waals surface area contributed by atoms with Crippen molar-refractivity contribution in [3.8, 4) is 0 Å². The molecule has 0 atom stereocenters. The minimum absolute atomic E-state index is 0.296. The van der Waals surface area contributed by atoms with Gasteiger partial charge in [-0.2, -0.15) is 4.31 Å². The Hall–Kier alpha value is -1.14. The molecule has 2 N–H and O–H groups in total. The molecule has 0 aromatic heterocycles. The molecule has 0 spiro atoms. The number of halogens is 1. The van der Waals surface area contributed by atoms with Crippen molar-refractivity contribution in [1.29, 1.82) is 0 Å². The molecule has 1 aliphatic heterocycles. The van der Waals surface area contributed by atoms with E-state index in [1.54, 1.807) is 6.92 Å². The second-order valence-corrected chi connectivity index (χ2v) is 6.16. The van der Waals surface area contributed by atoms with Crippen molar-refractivity contribution in [2.45, 2.75) is 24.7 Å². The third-order valence-electron chi connectivity index (χ3n) is 3.00. The number of anilines is 1. The summed E-state index contributed by atoms with van der Waals surface area (Å²) in [4.78, 5) is -0.317. The third-order valence-corrected chi connectivity index (χ3v) is 4.92. The minimum Gasteiger partial charge on any atom is -0.398 e. The van der Waals surface area contributed by atoms with Gasteiger partial charge in [-0.15, -0.1) is 0 Å². The molecule has 17 heavy (non-hydrogen) atoms. The monoisotopic (exact) mass is 258 g/mol. The molecule has 1 saturated heterocycles. The topological polar surface area (TPSA) is 63.4 Å². The second-order valence-electron chi connectivity index (χ2n) is 4.25. The summed E-state index contributed by atoms with van der Waals surface area (Å²) in [6, 6.07) is 2.37. The van der Waals surface area contributed by atoms with Gasteiger partial charge in [-0.05, 0) is 37.5 Å². The molecular formula is C11H15FN2O2S. The number of sulfonamides is 1. The summed E-state index contributed by atoms with van der Waals surface area (Å²) in [5.74, 6) is -0.733. The predicted octanol–water partition coefficient (Wildman–Crippen LogP) is 1.50. The van der Waals surface area contributed by atoms with Crippen molar-refractivity contribution >= 4 is 15.7 Å². The smallest absolute Gasteiger partial charge is 0.246 e. The van der Waals surface area contributed by atoms with Gasteiger partial charge in [0.2, 0.25) is 10.0 Å². The van der Waals surface area contributed by atoms with Crippen molar-refractivity contribution in [3.63, 3.8) is 0 Å². The first kappa shape index (κ1) is 12.3. The molecule has 1 fully saturated rings. The molecular weight excluding hydrogens is 243 g/mol. The van der Waals surface area contributed by atoms with Gasteiger partial charge in [0, 0.05) is 18.8 Å². The Bertz CT molecular complexity index is 537. The number of hydrogen-bond acceptors (Lipinski definition) is 3. The van der Waals surface area contributed by atoms with Crippen LogP contribution in [-0.2, 0) is 10.0 Å². The summed E-state index contributed by atoms with van der Waals surface area (Å²) in [5.41, 5.74) is 6.48. The van der Waals surface area contributed by atoms with Gasteiger partial charge in [0.15, 0.2) is 0 Å². The van der Waals surface area contributed by atoms with Crippen LogP contribution < -0.4 is 5.73 Å².